The lowest BCUT2D eigenvalue weighted by Crippen LogP contribution is -2.32. The summed E-state index contributed by atoms with van der Waals surface area (Å²) in [7, 11) is 0. The van der Waals surface area contributed by atoms with Crippen molar-refractivity contribution >= 4 is 0 Å². The number of rotatable bonds is 2. The average Bonchev–Trinajstić information content (AvgIpc) is 2.67. The minimum Gasteiger partial charge on any atom is -0.508 e. The van der Waals surface area contributed by atoms with Crippen molar-refractivity contribution in [3.63, 3.8) is 0 Å². The molecule has 82 valence electrons. The topological polar surface area (TPSA) is 46.2 Å². The van der Waals surface area contributed by atoms with Gasteiger partial charge in [0.1, 0.15) is 5.75 Å². The lowest BCUT2D eigenvalue weighted by atomic mass is 9.78. The van der Waals surface area contributed by atoms with Gasteiger partial charge in [0.25, 0.3) is 0 Å². The van der Waals surface area contributed by atoms with Crippen molar-refractivity contribution in [3.8, 4) is 5.75 Å². The zero-order valence-electron chi connectivity index (χ0n) is 9.29. The maximum atomic E-state index is 9.99. The van der Waals surface area contributed by atoms with E-state index in [1.165, 1.54) is 12.8 Å². The fraction of sp³-hybridized carbons (Fsp3) is 0.538. The molecular weight excluding hydrogens is 186 g/mol. The normalized spacial score (nSPS) is 19.3. The first-order valence-corrected chi connectivity index (χ1v) is 5.68. The molecule has 0 aromatic heterocycles. The molecule has 2 nitrogen and oxygen atoms in total. The number of phenols is 1. The molecule has 0 heterocycles. The van der Waals surface area contributed by atoms with Crippen LogP contribution in [-0.4, -0.2) is 11.7 Å². The van der Waals surface area contributed by atoms with Crippen molar-refractivity contribution in [3.05, 3.63) is 29.3 Å². The van der Waals surface area contributed by atoms with E-state index in [0.717, 1.165) is 24.0 Å². The fourth-order valence-corrected chi connectivity index (χ4v) is 2.73. The Balaban J connectivity index is 2.42. The Morgan fingerprint density at radius 3 is 2.53 bits per heavy atom. The van der Waals surface area contributed by atoms with Gasteiger partial charge >= 0.3 is 0 Å². The summed E-state index contributed by atoms with van der Waals surface area (Å²) in [5, 5.41) is 9.99. The lowest BCUT2D eigenvalue weighted by Gasteiger charge is -2.28. The minimum absolute atomic E-state index is 0.0395. The van der Waals surface area contributed by atoms with Crippen LogP contribution in [0.2, 0.25) is 0 Å². The van der Waals surface area contributed by atoms with Gasteiger partial charge in [0.05, 0.1) is 0 Å². The third-order valence-corrected chi connectivity index (χ3v) is 3.68. The number of phenolic OH excluding ortho intramolecular Hbond substituents is 1. The Hall–Kier alpha value is -1.02. The third kappa shape index (κ3) is 1.74. The van der Waals surface area contributed by atoms with Gasteiger partial charge in [-0.25, -0.2) is 0 Å². The Kier molecular flexibility index (Phi) is 2.70. The lowest BCUT2D eigenvalue weighted by molar-refractivity contribution is 0.405. The Morgan fingerprint density at radius 2 is 2.00 bits per heavy atom. The predicted molar refractivity (Wildman–Crippen MR) is 62.0 cm³/mol. The highest BCUT2D eigenvalue weighted by molar-refractivity contribution is 5.42. The molecule has 1 saturated carbocycles. The number of aromatic hydroxyl groups is 1. The monoisotopic (exact) mass is 205 g/mol. The van der Waals surface area contributed by atoms with E-state index in [1.54, 1.807) is 0 Å². The molecule has 0 radical (unpaired) electrons. The largest absolute Gasteiger partial charge is 0.508 e. The second-order valence-electron chi connectivity index (χ2n) is 4.71. The summed E-state index contributed by atoms with van der Waals surface area (Å²) in [6, 6.07) is 5.94. The standard InChI is InChI=1S/C13H19NO/c1-10-4-5-11(12(15)8-10)13(9-14)6-2-3-7-13/h4-5,8,15H,2-3,6-7,9,14H2,1H3. The van der Waals surface area contributed by atoms with Crippen molar-refractivity contribution in [2.24, 2.45) is 5.73 Å². The van der Waals surface area contributed by atoms with E-state index >= 15 is 0 Å². The summed E-state index contributed by atoms with van der Waals surface area (Å²) in [6.07, 6.45) is 4.68. The van der Waals surface area contributed by atoms with Crippen molar-refractivity contribution in [2.45, 2.75) is 38.0 Å². The molecule has 2 heteroatoms. The summed E-state index contributed by atoms with van der Waals surface area (Å²) in [6.45, 7) is 2.64. The van der Waals surface area contributed by atoms with Crippen LogP contribution in [0.15, 0.2) is 18.2 Å². The van der Waals surface area contributed by atoms with Crippen molar-refractivity contribution < 1.29 is 5.11 Å². The highest BCUT2D eigenvalue weighted by Crippen LogP contribution is 2.43. The zero-order valence-corrected chi connectivity index (χ0v) is 9.29. The summed E-state index contributed by atoms with van der Waals surface area (Å²) < 4.78 is 0. The molecule has 0 atom stereocenters. The molecule has 3 N–H and O–H groups in total. The summed E-state index contributed by atoms with van der Waals surface area (Å²) in [5.41, 5.74) is 8.08. The molecule has 0 saturated heterocycles. The highest BCUT2D eigenvalue weighted by Gasteiger charge is 2.36. The van der Waals surface area contributed by atoms with Gasteiger partial charge in [-0.2, -0.15) is 0 Å². The minimum atomic E-state index is 0.0395. The maximum Gasteiger partial charge on any atom is 0.119 e. The second-order valence-corrected chi connectivity index (χ2v) is 4.71. The van der Waals surface area contributed by atoms with Crippen LogP contribution < -0.4 is 5.73 Å². The van der Waals surface area contributed by atoms with Crippen molar-refractivity contribution in [1.82, 2.24) is 0 Å². The SMILES string of the molecule is Cc1ccc(C2(CN)CCCC2)c(O)c1. The van der Waals surface area contributed by atoms with E-state index in [1.807, 2.05) is 19.1 Å². The fourth-order valence-electron chi connectivity index (χ4n) is 2.73. The van der Waals surface area contributed by atoms with E-state index in [9.17, 15) is 5.11 Å². The van der Waals surface area contributed by atoms with Crippen LogP contribution >= 0.6 is 0 Å². The van der Waals surface area contributed by atoms with Gasteiger partial charge in [0, 0.05) is 17.5 Å². The first kappa shape index (κ1) is 10.5. The quantitative estimate of drug-likeness (QED) is 0.779. The van der Waals surface area contributed by atoms with Crippen LogP contribution in [0.3, 0.4) is 0 Å². The molecule has 1 aromatic carbocycles. The van der Waals surface area contributed by atoms with Crippen LogP contribution in [0, 0.1) is 6.92 Å². The molecule has 1 aromatic rings. The van der Waals surface area contributed by atoms with E-state index < -0.39 is 0 Å². The predicted octanol–water partition coefficient (Wildman–Crippen LogP) is 2.47. The molecule has 1 fully saturated rings. The molecule has 1 aliphatic rings. The first-order chi connectivity index (χ1) is 7.18. The average molecular weight is 205 g/mol. The van der Waals surface area contributed by atoms with Crippen LogP contribution in [0.4, 0.5) is 0 Å². The van der Waals surface area contributed by atoms with Crippen LogP contribution in [0.25, 0.3) is 0 Å². The molecule has 1 aliphatic carbocycles. The van der Waals surface area contributed by atoms with Crippen molar-refractivity contribution in [1.29, 1.82) is 0 Å². The van der Waals surface area contributed by atoms with Crippen LogP contribution in [0.5, 0.6) is 5.75 Å². The number of benzene rings is 1. The molecule has 0 spiro atoms. The molecular formula is C13H19NO. The Bertz CT molecular complexity index is 354. The number of hydrogen-bond donors (Lipinski definition) is 2. The number of nitrogens with two attached hydrogens (primary N) is 1. The maximum absolute atomic E-state index is 9.99. The van der Waals surface area contributed by atoms with Gasteiger partial charge in [0.2, 0.25) is 0 Å². The molecule has 0 aliphatic heterocycles. The van der Waals surface area contributed by atoms with E-state index in [2.05, 4.69) is 6.07 Å². The molecule has 0 amide bonds. The molecule has 2 rings (SSSR count). The summed E-state index contributed by atoms with van der Waals surface area (Å²) >= 11 is 0. The summed E-state index contributed by atoms with van der Waals surface area (Å²) in [5.74, 6) is 0.419. The second kappa shape index (κ2) is 3.86. The first-order valence-electron chi connectivity index (χ1n) is 5.68. The van der Waals surface area contributed by atoms with E-state index in [-0.39, 0.29) is 5.41 Å². The number of aryl methyl sites for hydroxylation is 1. The third-order valence-electron chi connectivity index (χ3n) is 3.68. The van der Waals surface area contributed by atoms with Gasteiger partial charge in [-0.1, -0.05) is 25.0 Å². The Morgan fingerprint density at radius 1 is 1.33 bits per heavy atom. The van der Waals surface area contributed by atoms with E-state index in [0.29, 0.717) is 12.3 Å². The van der Waals surface area contributed by atoms with Gasteiger partial charge in [-0.05, 0) is 31.4 Å². The zero-order chi connectivity index (χ0) is 10.9. The summed E-state index contributed by atoms with van der Waals surface area (Å²) in [4.78, 5) is 0. The van der Waals surface area contributed by atoms with E-state index in [4.69, 9.17) is 5.73 Å². The van der Waals surface area contributed by atoms with Gasteiger partial charge < -0.3 is 10.8 Å². The Labute approximate surface area is 91.1 Å². The van der Waals surface area contributed by atoms with Crippen LogP contribution in [-0.2, 0) is 5.41 Å². The van der Waals surface area contributed by atoms with Crippen molar-refractivity contribution in [2.75, 3.05) is 6.54 Å². The highest BCUT2D eigenvalue weighted by atomic mass is 16.3. The molecule has 0 unspecified atom stereocenters. The van der Waals surface area contributed by atoms with Gasteiger partial charge in [-0.15, -0.1) is 0 Å². The molecule has 0 bridgehead atoms. The number of hydrogen-bond acceptors (Lipinski definition) is 2. The molecule has 15 heavy (non-hydrogen) atoms. The van der Waals surface area contributed by atoms with Gasteiger partial charge in [0.15, 0.2) is 0 Å². The smallest absolute Gasteiger partial charge is 0.119 e. The van der Waals surface area contributed by atoms with Gasteiger partial charge in [-0.3, -0.25) is 0 Å². The van der Waals surface area contributed by atoms with Crippen LogP contribution in [0.1, 0.15) is 36.8 Å².